The largest absolute Gasteiger partial charge is 0.480 e. The maximum absolute atomic E-state index is 11.9. The minimum Gasteiger partial charge on any atom is -0.480 e. The van der Waals surface area contributed by atoms with Gasteiger partial charge in [0, 0.05) is 19.4 Å². The number of hydrogen-bond donors (Lipinski definition) is 2. The summed E-state index contributed by atoms with van der Waals surface area (Å²) in [5.41, 5.74) is -0.301. The lowest BCUT2D eigenvalue weighted by Gasteiger charge is -2.28. The van der Waals surface area contributed by atoms with Crippen molar-refractivity contribution in [2.75, 3.05) is 5.32 Å². The molecule has 0 saturated heterocycles. The third-order valence-corrected chi connectivity index (χ3v) is 3.70. The van der Waals surface area contributed by atoms with Gasteiger partial charge in [-0.3, -0.25) is 4.79 Å². The van der Waals surface area contributed by atoms with E-state index in [0.29, 0.717) is 0 Å². The molecule has 1 aliphatic rings. The van der Waals surface area contributed by atoms with Crippen molar-refractivity contribution in [2.24, 2.45) is 13.0 Å². The number of carboxylic acid groups (broad SMARTS) is 1. The molecule has 1 aromatic heterocycles. The van der Waals surface area contributed by atoms with Crippen molar-refractivity contribution in [3.63, 3.8) is 0 Å². The summed E-state index contributed by atoms with van der Waals surface area (Å²) in [4.78, 5) is 27.2. The maximum Gasteiger partial charge on any atom is 0.326 e. The van der Waals surface area contributed by atoms with Gasteiger partial charge in [-0.15, -0.1) is 0 Å². The average molecular weight is 265 g/mol. The predicted octanol–water partition coefficient (Wildman–Crippen LogP) is 1.23. The number of hydrogen-bond acceptors (Lipinski definition) is 4. The van der Waals surface area contributed by atoms with Crippen molar-refractivity contribution in [3.8, 4) is 0 Å². The Morgan fingerprint density at radius 1 is 1.47 bits per heavy atom. The Kier molecular flexibility index (Phi) is 4.19. The van der Waals surface area contributed by atoms with Crippen LogP contribution in [0.25, 0.3) is 0 Å². The van der Waals surface area contributed by atoms with E-state index in [-0.39, 0.29) is 17.3 Å². The number of aliphatic carboxylic acids is 1. The fourth-order valence-corrected chi connectivity index (χ4v) is 2.59. The number of aryl methyl sites for hydroxylation is 1. The summed E-state index contributed by atoms with van der Waals surface area (Å²) in [6.45, 7) is 0. The highest BCUT2D eigenvalue weighted by atomic mass is 16.4. The number of carboxylic acids is 1. The predicted molar refractivity (Wildman–Crippen MR) is 71.1 cm³/mol. The molecular formula is C13H19N3O3. The second-order valence-corrected chi connectivity index (χ2v) is 5.05. The fraction of sp³-hybridized carbons (Fsp3) is 0.615. The van der Waals surface area contributed by atoms with Crippen LogP contribution in [0.15, 0.2) is 17.2 Å². The van der Waals surface area contributed by atoms with Gasteiger partial charge in [0.25, 0.3) is 5.56 Å². The Morgan fingerprint density at radius 3 is 2.79 bits per heavy atom. The van der Waals surface area contributed by atoms with E-state index >= 15 is 0 Å². The summed E-state index contributed by atoms with van der Waals surface area (Å²) in [5, 5.41) is 12.2. The quantitative estimate of drug-likeness (QED) is 0.855. The van der Waals surface area contributed by atoms with E-state index in [4.69, 9.17) is 0 Å². The summed E-state index contributed by atoms with van der Waals surface area (Å²) in [6, 6.07) is -0.733. The van der Waals surface area contributed by atoms with E-state index in [1.807, 2.05) is 0 Å². The molecule has 6 heteroatoms. The van der Waals surface area contributed by atoms with E-state index in [9.17, 15) is 14.7 Å². The van der Waals surface area contributed by atoms with Gasteiger partial charge in [0.05, 0.1) is 0 Å². The summed E-state index contributed by atoms with van der Waals surface area (Å²) in [6.07, 6.45) is 8.07. The molecule has 0 aromatic carbocycles. The minimum absolute atomic E-state index is 0.0676. The number of nitrogens with zero attached hydrogens (tertiary/aromatic N) is 2. The molecule has 0 bridgehead atoms. The maximum atomic E-state index is 11.9. The van der Waals surface area contributed by atoms with Crippen molar-refractivity contribution in [1.82, 2.24) is 9.55 Å². The monoisotopic (exact) mass is 265 g/mol. The Hall–Kier alpha value is -1.85. The first-order valence-corrected chi connectivity index (χ1v) is 6.60. The van der Waals surface area contributed by atoms with E-state index in [0.717, 1.165) is 32.1 Å². The fourth-order valence-electron chi connectivity index (χ4n) is 2.59. The molecule has 2 N–H and O–H groups in total. The van der Waals surface area contributed by atoms with Crippen LogP contribution in [-0.2, 0) is 11.8 Å². The lowest BCUT2D eigenvalue weighted by Crippen LogP contribution is -2.40. The van der Waals surface area contributed by atoms with E-state index in [2.05, 4.69) is 10.3 Å². The Morgan fingerprint density at radius 2 is 2.16 bits per heavy atom. The van der Waals surface area contributed by atoms with Gasteiger partial charge in [0.2, 0.25) is 0 Å². The molecule has 1 aromatic rings. The zero-order valence-corrected chi connectivity index (χ0v) is 11.0. The molecule has 0 amide bonds. The molecule has 1 atom stereocenters. The SMILES string of the molecule is Cn1ccnc(NC(C(=O)O)C2CCCCC2)c1=O. The third-order valence-electron chi connectivity index (χ3n) is 3.70. The first-order valence-electron chi connectivity index (χ1n) is 6.60. The molecule has 104 valence electrons. The molecule has 6 nitrogen and oxygen atoms in total. The van der Waals surface area contributed by atoms with E-state index < -0.39 is 12.0 Å². The smallest absolute Gasteiger partial charge is 0.326 e. The summed E-state index contributed by atoms with van der Waals surface area (Å²) in [5.74, 6) is -0.736. The molecule has 1 unspecified atom stereocenters. The van der Waals surface area contributed by atoms with Gasteiger partial charge in [-0.05, 0) is 18.8 Å². The van der Waals surface area contributed by atoms with Crippen LogP contribution in [0.2, 0.25) is 0 Å². The number of carbonyl (C=O) groups is 1. The van der Waals surface area contributed by atoms with Crippen LogP contribution in [0.1, 0.15) is 32.1 Å². The number of nitrogens with one attached hydrogen (secondary N) is 1. The Balaban J connectivity index is 2.18. The highest BCUT2D eigenvalue weighted by Crippen LogP contribution is 2.27. The van der Waals surface area contributed by atoms with E-state index in [1.165, 1.54) is 10.8 Å². The van der Waals surface area contributed by atoms with Crippen molar-refractivity contribution in [2.45, 2.75) is 38.1 Å². The standard InChI is InChI=1S/C13H19N3O3/c1-16-8-7-14-11(12(16)17)15-10(13(18)19)9-5-3-2-4-6-9/h7-10H,2-6H2,1H3,(H,14,15)(H,18,19). The van der Waals surface area contributed by atoms with Crippen molar-refractivity contribution < 1.29 is 9.90 Å². The van der Waals surface area contributed by atoms with Gasteiger partial charge in [-0.1, -0.05) is 19.3 Å². The van der Waals surface area contributed by atoms with E-state index in [1.54, 1.807) is 13.2 Å². The molecule has 1 aliphatic carbocycles. The normalized spacial score (nSPS) is 17.9. The Bertz CT molecular complexity index is 506. The molecule has 0 spiro atoms. The topological polar surface area (TPSA) is 84.2 Å². The second-order valence-electron chi connectivity index (χ2n) is 5.05. The highest BCUT2D eigenvalue weighted by Gasteiger charge is 2.30. The zero-order valence-electron chi connectivity index (χ0n) is 11.0. The molecule has 19 heavy (non-hydrogen) atoms. The van der Waals surface area contributed by atoms with Gasteiger partial charge < -0.3 is 15.0 Å². The van der Waals surface area contributed by atoms with Crippen LogP contribution >= 0.6 is 0 Å². The van der Waals surface area contributed by atoms with Crippen molar-refractivity contribution in [1.29, 1.82) is 0 Å². The van der Waals surface area contributed by atoms with Crippen molar-refractivity contribution >= 4 is 11.8 Å². The summed E-state index contributed by atoms with van der Waals surface area (Å²) < 4.78 is 1.38. The van der Waals surface area contributed by atoms with Gasteiger partial charge in [0.1, 0.15) is 6.04 Å². The van der Waals surface area contributed by atoms with Gasteiger partial charge in [-0.2, -0.15) is 0 Å². The molecule has 1 heterocycles. The average Bonchev–Trinajstić information content (AvgIpc) is 2.41. The van der Waals surface area contributed by atoms with Crippen LogP contribution in [0, 0.1) is 5.92 Å². The van der Waals surface area contributed by atoms with Crippen LogP contribution in [0.5, 0.6) is 0 Å². The van der Waals surface area contributed by atoms with Crippen LogP contribution in [0.3, 0.4) is 0 Å². The summed E-state index contributed by atoms with van der Waals surface area (Å²) >= 11 is 0. The molecule has 1 fully saturated rings. The third kappa shape index (κ3) is 3.13. The highest BCUT2D eigenvalue weighted by molar-refractivity contribution is 5.77. The van der Waals surface area contributed by atoms with Gasteiger partial charge in [0.15, 0.2) is 5.82 Å². The molecular weight excluding hydrogens is 246 g/mol. The summed E-state index contributed by atoms with van der Waals surface area (Å²) in [7, 11) is 1.62. The van der Waals surface area contributed by atoms with Gasteiger partial charge >= 0.3 is 5.97 Å². The number of anilines is 1. The number of rotatable bonds is 4. The minimum atomic E-state index is -0.917. The molecule has 2 rings (SSSR count). The molecule has 0 aliphatic heterocycles. The first-order chi connectivity index (χ1) is 9.09. The van der Waals surface area contributed by atoms with Crippen molar-refractivity contribution in [3.05, 3.63) is 22.7 Å². The first kappa shape index (κ1) is 13.6. The number of aromatic nitrogens is 2. The van der Waals surface area contributed by atoms with Crippen LogP contribution < -0.4 is 10.9 Å². The zero-order chi connectivity index (χ0) is 13.8. The lowest BCUT2D eigenvalue weighted by atomic mass is 9.84. The molecule has 0 radical (unpaired) electrons. The molecule has 1 saturated carbocycles. The second kappa shape index (κ2) is 5.86. The lowest BCUT2D eigenvalue weighted by molar-refractivity contribution is -0.139. The van der Waals surface area contributed by atoms with Crippen LogP contribution in [-0.4, -0.2) is 26.7 Å². The van der Waals surface area contributed by atoms with Gasteiger partial charge in [-0.25, -0.2) is 9.78 Å². The van der Waals surface area contributed by atoms with Crippen LogP contribution in [0.4, 0.5) is 5.82 Å². The Labute approximate surface area is 111 Å².